The van der Waals surface area contributed by atoms with E-state index < -0.39 is 12.2 Å². The predicted octanol–water partition coefficient (Wildman–Crippen LogP) is -0.952. The lowest BCUT2D eigenvalue weighted by Gasteiger charge is -2.10. The van der Waals surface area contributed by atoms with Crippen LogP contribution in [0.2, 0.25) is 0 Å². The minimum absolute atomic E-state index is 0.0555. The average molecular weight is 256 g/mol. The molecule has 0 aliphatic heterocycles. The molecule has 0 radical (unpaired) electrons. The number of aliphatic hydroxyl groups is 4. The third-order valence-electron chi connectivity index (χ3n) is 2.57. The molecule has 6 heteroatoms. The molecule has 1 heterocycles. The minimum atomic E-state index is -0.616. The van der Waals surface area contributed by atoms with E-state index in [0.717, 1.165) is 0 Å². The summed E-state index contributed by atoms with van der Waals surface area (Å²) in [6, 6.07) is 0. The summed E-state index contributed by atoms with van der Waals surface area (Å²) in [7, 11) is 0. The molecule has 0 saturated carbocycles. The first-order chi connectivity index (χ1) is 8.65. The van der Waals surface area contributed by atoms with Crippen LogP contribution in [-0.2, 0) is 12.8 Å². The Kier molecular flexibility index (Phi) is 6.74. The topological polar surface area (TPSA) is 107 Å². The highest BCUT2D eigenvalue weighted by Gasteiger charge is 2.09. The fourth-order valence-corrected chi connectivity index (χ4v) is 1.58. The maximum absolute atomic E-state index is 9.49. The Morgan fingerprint density at radius 3 is 1.50 bits per heavy atom. The SMILES string of the molecule is OCC[C@@H](O)Cc1cnc(C[C@H](O)CCO)cn1. The molecule has 0 spiro atoms. The first-order valence-electron chi connectivity index (χ1n) is 6.03. The van der Waals surface area contributed by atoms with Crippen molar-refractivity contribution in [1.29, 1.82) is 0 Å². The number of hydrogen-bond donors (Lipinski definition) is 4. The van der Waals surface area contributed by atoms with E-state index in [2.05, 4.69) is 9.97 Å². The number of nitrogens with zero attached hydrogens (tertiary/aromatic N) is 2. The lowest BCUT2D eigenvalue weighted by molar-refractivity contribution is 0.130. The van der Waals surface area contributed by atoms with E-state index in [9.17, 15) is 10.2 Å². The Balaban J connectivity index is 2.46. The molecule has 0 saturated heterocycles. The van der Waals surface area contributed by atoms with Gasteiger partial charge < -0.3 is 20.4 Å². The third-order valence-corrected chi connectivity index (χ3v) is 2.57. The largest absolute Gasteiger partial charge is 0.396 e. The van der Waals surface area contributed by atoms with Crippen LogP contribution < -0.4 is 0 Å². The van der Waals surface area contributed by atoms with Crippen molar-refractivity contribution in [3.05, 3.63) is 23.8 Å². The number of aliphatic hydroxyl groups excluding tert-OH is 4. The van der Waals surface area contributed by atoms with Gasteiger partial charge >= 0.3 is 0 Å². The molecule has 102 valence electrons. The van der Waals surface area contributed by atoms with Crippen LogP contribution in [-0.4, -0.2) is 55.8 Å². The number of aromatic nitrogens is 2. The van der Waals surface area contributed by atoms with Crippen molar-refractivity contribution in [2.45, 2.75) is 37.9 Å². The maximum atomic E-state index is 9.49. The normalized spacial score (nSPS) is 14.4. The average Bonchev–Trinajstić information content (AvgIpc) is 2.32. The van der Waals surface area contributed by atoms with Crippen molar-refractivity contribution in [1.82, 2.24) is 9.97 Å². The molecule has 0 unspecified atom stereocenters. The van der Waals surface area contributed by atoms with Crippen molar-refractivity contribution >= 4 is 0 Å². The summed E-state index contributed by atoms with van der Waals surface area (Å²) in [5, 5.41) is 36.3. The highest BCUT2D eigenvalue weighted by molar-refractivity contribution is 5.04. The second-order valence-corrected chi connectivity index (χ2v) is 4.24. The summed E-state index contributed by atoms with van der Waals surface area (Å²) in [6.45, 7) is -0.111. The molecule has 0 fully saturated rings. The van der Waals surface area contributed by atoms with Gasteiger partial charge in [0.1, 0.15) is 0 Å². The first kappa shape index (κ1) is 15.0. The molecule has 2 atom stereocenters. The van der Waals surface area contributed by atoms with Gasteiger partial charge in [0, 0.05) is 38.4 Å². The molecule has 0 aromatic carbocycles. The molecule has 0 aliphatic rings. The van der Waals surface area contributed by atoms with Crippen molar-refractivity contribution in [2.24, 2.45) is 0 Å². The molecule has 4 N–H and O–H groups in total. The summed E-state index contributed by atoms with van der Waals surface area (Å²) in [5.41, 5.74) is 1.30. The van der Waals surface area contributed by atoms with Crippen LogP contribution in [0, 0.1) is 0 Å². The Hall–Kier alpha value is -1.08. The zero-order valence-electron chi connectivity index (χ0n) is 10.2. The van der Waals surface area contributed by atoms with Gasteiger partial charge in [-0.3, -0.25) is 9.97 Å². The van der Waals surface area contributed by atoms with Gasteiger partial charge in [0.2, 0.25) is 0 Å². The fraction of sp³-hybridized carbons (Fsp3) is 0.667. The van der Waals surface area contributed by atoms with Crippen molar-refractivity contribution in [3.63, 3.8) is 0 Å². The van der Waals surface area contributed by atoms with Crippen molar-refractivity contribution in [2.75, 3.05) is 13.2 Å². The number of rotatable bonds is 8. The van der Waals surface area contributed by atoms with E-state index in [-0.39, 0.29) is 13.2 Å². The van der Waals surface area contributed by atoms with Gasteiger partial charge in [-0.25, -0.2) is 0 Å². The Morgan fingerprint density at radius 1 is 0.833 bits per heavy atom. The van der Waals surface area contributed by atoms with Crippen LogP contribution in [0.5, 0.6) is 0 Å². The summed E-state index contributed by atoms with van der Waals surface area (Å²) in [5.74, 6) is 0. The maximum Gasteiger partial charge on any atom is 0.0618 e. The highest BCUT2D eigenvalue weighted by atomic mass is 16.3. The lowest BCUT2D eigenvalue weighted by atomic mass is 10.1. The van der Waals surface area contributed by atoms with Gasteiger partial charge in [0.25, 0.3) is 0 Å². The lowest BCUT2D eigenvalue weighted by Crippen LogP contribution is -2.15. The quantitative estimate of drug-likeness (QED) is 0.478. The molecule has 1 aromatic heterocycles. The van der Waals surface area contributed by atoms with Gasteiger partial charge in [-0.15, -0.1) is 0 Å². The van der Waals surface area contributed by atoms with Crippen LogP contribution in [0.4, 0.5) is 0 Å². The predicted molar refractivity (Wildman–Crippen MR) is 64.9 cm³/mol. The summed E-state index contributed by atoms with van der Waals surface area (Å²) in [6.07, 6.45) is 3.23. The second kappa shape index (κ2) is 8.10. The summed E-state index contributed by atoms with van der Waals surface area (Å²) >= 11 is 0. The molecule has 0 aliphatic carbocycles. The van der Waals surface area contributed by atoms with Crippen LogP contribution in [0.1, 0.15) is 24.2 Å². The van der Waals surface area contributed by atoms with Crippen molar-refractivity contribution in [3.8, 4) is 0 Å². The minimum Gasteiger partial charge on any atom is -0.396 e. The number of hydrogen-bond acceptors (Lipinski definition) is 6. The smallest absolute Gasteiger partial charge is 0.0618 e. The Labute approximate surface area is 106 Å². The summed E-state index contributed by atoms with van der Waals surface area (Å²) < 4.78 is 0. The molecule has 1 aromatic rings. The van der Waals surface area contributed by atoms with Gasteiger partial charge in [0.15, 0.2) is 0 Å². The van der Waals surface area contributed by atoms with Crippen LogP contribution in [0.15, 0.2) is 12.4 Å². The van der Waals surface area contributed by atoms with Crippen LogP contribution >= 0.6 is 0 Å². The van der Waals surface area contributed by atoms with E-state index in [1.807, 2.05) is 0 Å². The molecule has 0 bridgehead atoms. The van der Waals surface area contributed by atoms with Crippen molar-refractivity contribution < 1.29 is 20.4 Å². The zero-order chi connectivity index (χ0) is 13.4. The zero-order valence-corrected chi connectivity index (χ0v) is 10.2. The first-order valence-corrected chi connectivity index (χ1v) is 6.03. The molecule has 0 amide bonds. The van der Waals surface area contributed by atoms with E-state index >= 15 is 0 Å². The molecule has 6 nitrogen and oxygen atoms in total. The monoisotopic (exact) mass is 256 g/mol. The second-order valence-electron chi connectivity index (χ2n) is 4.24. The molecule has 18 heavy (non-hydrogen) atoms. The molecule has 1 rings (SSSR count). The highest BCUT2D eigenvalue weighted by Crippen LogP contribution is 2.05. The fourth-order valence-electron chi connectivity index (χ4n) is 1.58. The molecular formula is C12H20N2O4. The third kappa shape index (κ3) is 5.50. The summed E-state index contributed by atoms with van der Waals surface area (Å²) in [4.78, 5) is 8.27. The van der Waals surface area contributed by atoms with Gasteiger partial charge in [0.05, 0.1) is 23.6 Å². The Bertz CT molecular complexity index is 298. The van der Waals surface area contributed by atoms with Crippen LogP contribution in [0.25, 0.3) is 0 Å². The van der Waals surface area contributed by atoms with E-state index in [1.54, 1.807) is 12.4 Å². The van der Waals surface area contributed by atoms with Gasteiger partial charge in [-0.1, -0.05) is 0 Å². The van der Waals surface area contributed by atoms with Gasteiger partial charge in [-0.2, -0.15) is 0 Å². The van der Waals surface area contributed by atoms with Gasteiger partial charge in [-0.05, 0) is 12.8 Å². The van der Waals surface area contributed by atoms with E-state index in [4.69, 9.17) is 10.2 Å². The van der Waals surface area contributed by atoms with E-state index in [0.29, 0.717) is 37.1 Å². The van der Waals surface area contributed by atoms with E-state index in [1.165, 1.54) is 0 Å². The standard InChI is InChI=1S/C12H20N2O4/c15-3-1-11(17)5-9-7-14-10(8-13-9)6-12(18)2-4-16/h7-8,11-12,15-18H,1-6H2/t11-,12-/m1/s1. The van der Waals surface area contributed by atoms with Crippen LogP contribution in [0.3, 0.4) is 0 Å². The Morgan fingerprint density at radius 2 is 1.22 bits per heavy atom. The molecular weight excluding hydrogens is 236 g/mol.